The minimum atomic E-state index is -1.06. The van der Waals surface area contributed by atoms with Crippen molar-refractivity contribution in [3.8, 4) is 0 Å². The van der Waals surface area contributed by atoms with E-state index in [2.05, 4.69) is 20.5 Å². The molecule has 1 aliphatic heterocycles. The van der Waals surface area contributed by atoms with Crippen molar-refractivity contribution >= 4 is 23.3 Å². The second-order valence-corrected chi connectivity index (χ2v) is 5.44. The standard InChI is InChI=1S/C12H18N4O4S/c17-11(18)9-8-21-10(15-9)7-14-12(19)13-1-2-16-3-5-20-6-4-16/h8H,1-7H2,(H,17,18)(H2,13,14,19). The smallest absolute Gasteiger partial charge is 0.355 e. The van der Waals surface area contributed by atoms with E-state index in [4.69, 9.17) is 9.84 Å². The number of rotatable bonds is 6. The Hall–Kier alpha value is -1.71. The van der Waals surface area contributed by atoms with Crippen LogP contribution in [0.1, 0.15) is 15.5 Å². The van der Waals surface area contributed by atoms with Crippen molar-refractivity contribution in [2.75, 3.05) is 39.4 Å². The maximum atomic E-state index is 11.6. The van der Waals surface area contributed by atoms with E-state index in [1.807, 2.05) is 0 Å². The number of carboxylic acid groups (broad SMARTS) is 1. The Morgan fingerprint density at radius 1 is 1.38 bits per heavy atom. The van der Waals surface area contributed by atoms with Crippen LogP contribution in [0.5, 0.6) is 0 Å². The molecule has 116 valence electrons. The second kappa shape index (κ2) is 7.91. The molecule has 1 aromatic rings. The van der Waals surface area contributed by atoms with Gasteiger partial charge < -0.3 is 20.5 Å². The van der Waals surface area contributed by atoms with Gasteiger partial charge in [0.2, 0.25) is 0 Å². The molecule has 9 heteroatoms. The van der Waals surface area contributed by atoms with E-state index in [9.17, 15) is 9.59 Å². The molecular weight excluding hydrogens is 296 g/mol. The maximum absolute atomic E-state index is 11.6. The molecule has 0 radical (unpaired) electrons. The van der Waals surface area contributed by atoms with Crippen LogP contribution in [0.15, 0.2) is 5.38 Å². The lowest BCUT2D eigenvalue weighted by molar-refractivity contribution is 0.0387. The first kappa shape index (κ1) is 15.7. The summed E-state index contributed by atoms with van der Waals surface area (Å²) < 4.78 is 5.24. The Morgan fingerprint density at radius 3 is 2.81 bits per heavy atom. The number of carboxylic acids is 1. The number of urea groups is 1. The average molecular weight is 314 g/mol. The van der Waals surface area contributed by atoms with E-state index in [0.29, 0.717) is 11.6 Å². The number of thiazole rings is 1. The molecule has 0 bridgehead atoms. The zero-order valence-electron chi connectivity index (χ0n) is 11.5. The summed E-state index contributed by atoms with van der Waals surface area (Å²) in [6.45, 7) is 4.83. The van der Waals surface area contributed by atoms with Gasteiger partial charge in [-0.3, -0.25) is 4.90 Å². The van der Waals surface area contributed by atoms with Gasteiger partial charge >= 0.3 is 12.0 Å². The number of aromatic nitrogens is 1. The second-order valence-electron chi connectivity index (χ2n) is 4.50. The Morgan fingerprint density at radius 2 is 2.14 bits per heavy atom. The van der Waals surface area contributed by atoms with Crippen LogP contribution in [0.4, 0.5) is 4.79 Å². The number of aromatic carboxylic acids is 1. The number of morpholine rings is 1. The van der Waals surface area contributed by atoms with Gasteiger partial charge in [0, 0.05) is 31.6 Å². The number of nitrogens with zero attached hydrogens (tertiary/aromatic N) is 2. The predicted molar refractivity (Wildman–Crippen MR) is 76.6 cm³/mol. The van der Waals surface area contributed by atoms with Crippen LogP contribution < -0.4 is 10.6 Å². The lowest BCUT2D eigenvalue weighted by Gasteiger charge is -2.26. The first-order valence-corrected chi connectivity index (χ1v) is 7.52. The first-order chi connectivity index (χ1) is 10.1. The van der Waals surface area contributed by atoms with Gasteiger partial charge in [-0.2, -0.15) is 0 Å². The number of carbonyl (C=O) groups is 2. The van der Waals surface area contributed by atoms with Crippen molar-refractivity contribution in [3.63, 3.8) is 0 Å². The fourth-order valence-electron chi connectivity index (χ4n) is 1.86. The van der Waals surface area contributed by atoms with Crippen LogP contribution in [0, 0.1) is 0 Å². The number of amides is 2. The van der Waals surface area contributed by atoms with Crippen LogP contribution in [-0.4, -0.2) is 66.4 Å². The summed E-state index contributed by atoms with van der Waals surface area (Å²) in [5.74, 6) is -1.06. The Balaban J connectivity index is 1.61. The highest BCUT2D eigenvalue weighted by atomic mass is 32.1. The quantitative estimate of drug-likeness (QED) is 0.681. The SMILES string of the molecule is O=C(NCCN1CCOCC1)NCc1nc(C(=O)O)cs1. The van der Waals surface area contributed by atoms with Gasteiger partial charge in [0.1, 0.15) is 5.01 Å². The molecule has 0 spiro atoms. The zero-order valence-corrected chi connectivity index (χ0v) is 12.3. The van der Waals surface area contributed by atoms with Gasteiger partial charge in [0.05, 0.1) is 19.8 Å². The summed E-state index contributed by atoms with van der Waals surface area (Å²) in [5, 5.41) is 16.2. The van der Waals surface area contributed by atoms with Crippen molar-refractivity contribution in [1.82, 2.24) is 20.5 Å². The molecule has 0 saturated carbocycles. The number of ether oxygens (including phenoxy) is 1. The summed E-state index contributed by atoms with van der Waals surface area (Å²) in [4.78, 5) is 28.4. The molecule has 0 unspecified atom stereocenters. The van der Waals surface area contributed by atoms with E-state index >= 15 is 0 Å². The highest BCUT2D eigenvalue weighted by molar-refractivity contribution is 7.09. The van der Waals surface area contributed by atoms with Crippen molar-refractivity contribution in [2.24, 2.45) is 0 Å². The molecule has 2 rings (SSSR count). The van der Waals surface area contributed by atoms with Gasteiger partial charge in [-0.25, -0.2) is 14.6 Å². The molecule has 1 fully saturated rings. The van der Waals surface area contributed by atoms with Crippen LogP contribution in [-0.2, 0) is 11.3 Å². The summed E-state index contributed by atoms with van der Waals surface area (Å²) in [7, 11) is 0. The summed E-state index contributed by atoms with van der Waals surface area (Å²) in [6, 6.07) is -0.282. The molecule has 0 aliphatic carbocycles. The minimum absolute atomic E-state index is 0.00419. The van der Waals surface area contributed by atoms with Gasteiger partial charge in [-0.1, -0.05) is 0 Å². The van der Waals surface area contributed by atoms with Gasteiger partial charge in [-0.05, 0) is 0 Å². The molecule has 1 aliphatic rings. The highest BCUT2D eigenvalue weighted by Gasteiger charge is 2.11. The lowest BCUT2D eigenvalue weighted by Crippen LogP contribution is -2.43. The molecule has 8 nitrogen and oxygen atoms in total. The van der Waals surface area contributed by atoms with Gasteiger partial charge in [-0.15, -0.1) is 11.3 Å². The Kier molecular flexibility index (Phi) is 5.90. The van der Waals surface area contributed by atoms with E-state index in [-0.39, 0.29) is 18.3 Å². The van der Waals surface area contributed by atoms with Gasteiger partial charge in [0.15, 0.2) is 5.69 Å². The predicted octanol–water partition coefficient (Wildman–Crippen LogP) is -0.0273. The van der Waals surface area contributed by atoms with Crippen molar-refractivity contribution in [3.05, 3.63) is 16.1 Å². The number of hydrogen-bond acceptors (Lipinski definition) is 6. The third-order valence-corrected chi connectivity index (χ3v) is 3.84. The van der Waals surface area contributed by atoms with E-state index < -0.39 is 5.97 Å². The highest BCUT2D eigenvalue weighted by Crippen LogP contribution is 2.09. The largest absolute Gasteiger partial charge is 0.476 e. The summed E-state index contributed by atoms with van der Waals surface area (Å²) >= 11 is 1.21. The number of nitrogens with one attached hydrogen (secondary N) is 2. The fraction of sp³-hybridized carbons (Fsp3) is 0.583. The van der Waals surface area contributed by atoms with E-state index in [0.717, 1.165) is 32.8 Å². The van der Waals surface area contributed by atoms with Crippen LogP contribution in [0.3, 0.4) is 0 Å². The van der Waals surface area contributed by atoms with Crippen molar-refractivity contribution in [1.29, 1.82) is 0 Å². The van der Waals surface area contributed by atoms with Crippen LogP contribution >= 0.6 is 11.3 Å². The van der Waals surface area contributed by atoms with E-state index in [1.165, 1.54) is 16.7 Å². The van der Waals surface area contributed by atoms with Crippen molar-refractivity contribution < 1.29 is 19.4 Å². The molecule has 1 saturated heterocycles. The summed E-state index contributed by atoms with van der Waals surface area (Å²) in [6.07, 6.45) is 0. The minimum Gasteiger partial charge on any atom is -0.476 e. The van der Waals surface area contributed by atoms with Crippen LogP contribution in [0.25, 0.3) is 0 Å². The molecule has 2 amide bonds. The third kappa shape index (κ3) is 5.29. The zero-order chi connectivity index (χ0) is 15.1. The third-order valence-electron chi connectivity index (χ3n) is 2.99. The molecule has 21 heavy (non-hydrogen) atoms. The topological polar surface area (TPSA) is 104 Å². The monoisotopic (exact) mass is 314 g/mol. The van der Waals surface area contributed by atoms with Gasteiger partial charge in [0.25, 0.3) is 0 Å². The molecule has 0 atom stereocenters. The van der Waals surface area contributed by atoms with E-state index in [1.54, 1.807) is 0 Å². The Labute approximate surface area is 126 Å². The molecular formula is C12H18N4O4S. The molecule has 3 N–H and O–H groups in total. The fourth-order valence-corrected chi connectivity index (χ4v) is 2.57. The molecule has 0 aromatic carbocycles. The average Bonchev–Trinajstić information content (AvgIpc) is 2.95. The molecule has 1 aromatic heterocycles. The lowest BCUT2D eigenvalue weighted by atomic mass is 10.4. The number of hydrogen-bond donors (Lipinski definition) is 3. The normalized spacial score (nSPS) is 15.6. The first-order valence-electron chi connectivity index (χ1n) is 6.64. The van der Waals surface area contributed by atoms with Crippen molar-refractivity contribution in [2.45, 2.75) is 6.54 Å². The molecule has 2 heterocycles. The maximum Gasteiger partial charge on any atom is 0.355 e. The summed E-state index contributed by atoms with van der Waals surface area (Å²) in [5.41, 5.74) is 0.00419. The van der Waals surface area contributed by atoms with Crippen LogP contribution in [0.2, 0.25) is 0 Å². The Bertz CT molecular complexity index is 487. The number of carbonyl (C=O) groups excluding carboxylic acids is 1.